The number of aliphatic carboxylic acids is 1. The molecular weight excluding hydrogens is 594 g/mol. The summed E-state index contributed by atoms with van der Waals surface area (Å²) in [7, 11) is 0. The van der Waals surface area contributed by atoms with Gasteiger partial charge in [-0.15, -0.1) is 0 Å². The zero-order valence-electron chi connectivity index (χ0n) is 26.7. The van der Waals surface area contributed by atoms with Crippen LogP contribution in [0.2, 0.25) is 0 Å². The maximum Gasteiger partial charge on any atom is 0.305 e. The minimum atomic E-state index is -1.55. The van der Waals surface area contributed by atoms with Crippen molar-refractivity contribution >= 4 is 47.2 Å². The Labute approximate surface area is 262 Å². The lowest BCUT2D eigenvalue weighted by molar-refractivity contribution is -0.141. The smallest absolute Gasteiger partial charge is 0.305 e. The third kappa shape index (κ3) is 15.4. The number of ketones is 1. The molecule has 0 aliphatic heterocycles. The molecule has 10 N–H and O–H groups in total. The number of Topliss-reactive ketones (excluding diaryl/α,β-unsaturated/α-hetero) is 1. The molecule has 0 fully saturated rings. The lowest BCUT2D eigenvalue weighted by atomic mass is 9.96. The summed E-state index contributed by atoms with van der Waals surface area (Å²) in [5.41, 5.74) is 5.52. The molecule has 17 heteroatoms. The van der Waals surface area contributed by atoms with E-state index < -0.39 is 95.8 Å². The molecule has 0 aromatic heterocycles. The summed E-state index contributed by atoms with van der Waals surface area (Å²) in [6.45, 7) is 8.59. The second-order valence-electron chi connectivity index (χ2n) is 10.9. The van der Waals surface area contributed by atoms with Crippen LogP contribution in [0.4, 0.5) is 0 Å². The van der Waals surface area contributed by atoms with Crippen LogP contribution in [0.5, 0.6) is 0 Å². The second kappa shape index (κ2) is 20.8. The van der Waals surface area contributed by atoms with Crippen LogP contribution in [-0.4, -0.2) is 107 Å². The van der Waals surface area contributed by atoms with E-state index >= 15 is 0 Å². The Morgan fingerprint density at radius 1 is 0.733 bits per heavy atom. The lowest BCUT2D eigenvalue weighted by Gasteiger charge is -2.29. The quantitative estimate of drug-likeness (QED) is 0.0455. The minimum Gasteiger partial charge on any atom is -0.481 e. The van der Waals surface area contributed by atoms with E-state index in [4.69, 9.17) is 10.8 Å². The molecule has 0 saturated carbocycles. The number of hydrogen-bond acceptors (Lipinski definition) is 10. The minimum absolute atomic E-state index is 0.286. The molecule has 17 nitrogen and oxygen atoms in total. The van der Waals surface area contributed by atoms with E-state index in [-0.39, 0.29) is 13.0 Å². The number of carbonyl (C=O) groups excluding carboxylic acids is 7. The van der Waals surface area contributed by atoms with Crippen LogP contribution < -0.4 is 37.6 Å². The molecule has 45 heavy (non-hydrogen) atoms. The van der Waals surface area contributed by atoms with E-state index in [1.807, 2.05) is 0 Å². The Bertz CT molecular complexity index is 1070. The number of nitrogens with one attached hydrogen (secondary N) is 6. The number of hydrogen-bond donors (Lipinski definition) is 9. The van der Waals surface area contributed by atoms with Gasteiger partial charge < -0.3 is 47.8 Å². The van der Waals surface area contributed by atoms with E-state index in [1.165, 1.54) is 27.7 Å². The van der Waals surface area contributed by atoms with Gasteiger partial charge in [0.1, 0.15) is 24.2 Å². The number of carbonyl (C=O) groups is 8. The van der Waals surface area contributed by atoms with Gasteiger partial charge in [-0.2, -0.15) is 0 Å². The van der Waals surface area contributed by atoms with Gasteiger partial charge in [0, 0.05) is 13.5 Å². The zero-order valence-corrected chi connectivity index (χ0v) is 26.7. The fourth-order valence-corrected chi connectivity index (χ4v) is 3.95. The highest BCUT2D eigenvalue weighted by Gasteiger charge is 2.34. The molecule has 0 saturated heterocycles. The van der Waals surface area contributed by atoms with E-state index in [0.717, 1.165) is 0 Å². The second-order valence-corrected chi connectivity index (χ2v) is 10.9. The molecule has 0 aliphatic rings. The molecule has 0 heterocycles. The number of carboxylic acids is 1. The van der Waals surface area contributed by atoms with Crippen molar-refractivity contribution in [2.75, 3.05) is 13.1 Å². The molecule has 0 rings (SSSR count). The standard InChI is InChI=1S/C28H49N7O10/c1-7-14(2)21(34-25(42)19(33-18(6)37)10-8-9-12-29)26(43)35-22(17(5)36)27(44)32-16(4)24(41)31-15(3)23(40)28(45)30-13-11-20(38)39/h14-17,19,21-22,36H,7-13,29H2,1-6H3,(H,30,45)(H,31,41)(H,32,44)(H,33,37)(H,34,42)(H,35,43)(H,38,39)/t14?,15?,16-,17+,19-,21-,22-/m0/s1. The zero-order chi connectivity index (χ0) is 34.9. The van der Waals surface area contributed by atoms with Crippen LogP contribution in [0.3, 0.4) is 0 Å². The summed E-state index contributed by atoms with van der Waals surface area (Å²) in [5, 5.41) is 33.2. The van der Waals surface area contributed by atoms with Crippen LogP contribution in [-0.2, 0) is 38.4 Å². The van der Waals surface area contributed by atoms with Crippen molar-refractivity contribution in [3.05, 3.63) is 0 Å². The van der Waals surface area contributed by atoms with Crippen molar-refractivity contribution in [2.24, 2.45) is 11.7 Å². The topological polar surface area (TPSA) is 275 Å². The molecule has 7 atom stereocenters. The predicted molar refractivity (Wildman–Crippen MR) is 161 cm³/mol. The monoisotopic (exact) mass is 643 g/mol. The summed E-state index contributed by atoms with van der Waals surface area (Å²) < 4.78 is 0. The van der Waals surface area contributed by atoms with Gasteiger partial charge in [-0.1, -0.05) is 20.3 Å². The summed E-state index contributed by atoms with van der Waals surface area (Å²) in [6, 6.07) is -6.21. The first-order valence-corrected chi connectivity index (χ1v) is 14.9. The van der Waals surface area contributed by atoms with Crippen LogP contribution >= 0.6 is 0 Å². The summed E-state index contributed by atoms with van der Waals surface area (Å²) in [5.74, 6) is -7.37. The normalized spacial score (nSPS) is 15.5. The van der Waals surface area contributed by atoms with Crippen molar-refractivity contribution < 1.29 is 48.6 Å². The predicted octanol–water partition coefficient (Wildman–Crippen LogP) is -2.81. The first-order valence-electron chi connectivity index (χ1n) is 14.9. The van der Waals surface area contributed by atoms with Gasteiger partial charge in [-0.3, -0.25) is 38.4 Å². The Kier molecular flexibility index (Phi) is 18.9. The Morgan fingerprint density at radius 2 is 1.29 bits per heavy atom. The maximum absolute atomic E-state index is 13.3. The van der Waals surface area contributed by atoms with Crippen molar-refractivity contribution in [3.63, 3.8) is 0 Å². The van der Waals surface area contributed by atoms with E-state index in [0.29, 0.717) is 25.8 Å². The van der Waals surface area contributed by atoms with E-state index in [2.05, 4.69) is 31.9 Å². The fourth-order valence-electron chi connectivity index (χ4n) is 3.95. The number of unbranched alkanes of at least 4 members (excludes halogenated alkanes) is 1. The molecule has 0 aliphatic carbocycles. The van der Waals surface area contributed by atoms with Crippen LogP contribution in [0.25, 0.3) is 0 Å². The Morgan fingerprint density at radius 3 is 1.80 bits per heavy atom. The van der Waals surface area contributed by atoms with Gasteiger partial charge in [0.05, 0.1) is 18.6 Å². The molecule has 0 spiro atoms. The summed E-state index contributed by atoms with van der Waals surface area (Å²) >= 11 is 0. The third-order valence-corrected chi connectivity index (χ3v) is 6.85. The highest BCUT2D eigenvalue weighted by atomic mass is 16.4. The number of aliphatic hydroxyl groups excluding tert-OH is 1. The summed E-state index contributed by atoms with van der Waals surface area (Å²) in [6.07, 6.45) is 0.0814. The largest absolute Gasteiger partial charge is 0.481 e. The third-order valence-electron chi connectivity index (χ3n) is 6.85. The average Bonchev–Trinajstić information content (AvgIpc) is 2.96. The Hall–Kier alpha value is -4.12. The lowest BCUT2D eigenvalue weighted by Crippen LogP contribution is -2.61. The van der Waals surface area contributed by atoms with Crippen molar-refractivity contribution in [1.82, 2.24) is 31.9 Å². The van der Waals surface area contributed by atoms with Gasteiger partial charge in [-0.05, 0) is 52.5 Å². The molecule has 0 aromatic rings. The van der Waals surface area contributed by atoms with Crippen molar-refractivity contribution in [1.29, 1.82) is 0 Å². The van der Waals surface area contributed by atoms with Crippen molar-refractivity contribution in [3.8, 4) is 0 Å². The first-order chi connectivity index (χ1) is 21.0. The number of rotatable bonds is 21. The van der Waals surface area contributed by atoms with Gasteiger partial charge >= 0.3 is 5.97 Å². The highest BCUT2D eigenvalue weighted by molar-refractivity contribution is 6.38. The van der Waals surface area contributed by atoms with E-state index in [1.54, 1.807) is 13.8 Å². The van der Waals surface area contributed by atoms with E-state index in [9.17, 15) is 43.5 Å². The summed E-state index contributed by atoms with van der Waals surface area (Å²) in [4.78, 5) is 98.3. The van der Waals surface area contributed by atoms with Gasteiger partial charge in [0.25, 0.3) is 5.91 Å². The fraction of sp³-hybridized carbons (Fsp3) is 0.714. The number of carboxylic acid groups (broad SMARTS) is 1. The van der Waals surface area contributed by atoms with Gasteiger partial charge in [-0.25, -0.2) is 0 Å². The average molecular weight is 644 g/mol. The Balaban J connectivity index is 5.49. The maximum atomic E-state index is 13.3. The molecule has 0 bridgehead atoms. The first kappa shape index (κ1) is 40.9. The van der Waals surface area contributed by atoms with Gasteiger partial charge in [0.2, 0.25) is 35.3 Å². The molecule has 0 radical (unpaired) electrons. The van der Waals surface area contributed by atoms with Crippen LogP contribution in [0.1, 0.15) is 73.6 Å². The van der Waals surface area contributed by atoms with Crippen molar-refractivity contribution in [2.45, 2.75) is 110 Å². The molecule has 2 unspecified atom stereocenters. The number of aliphatic hydroxyl groups is 1. The molecule has 6 amide bonds. The van der Waals surface area contributed by atoms with Crippen LogP contribution in [0, 0.1) is 5.92 Å². The number of amides is 6. The highest BCUT2D eigenvalue weighted by Crippen LogP contribution is 2.11. The number of nitrogens with two attached hydrogens (primary N) is 1. The molecule has 0 aromatic carbocycles. The molecular formula is C28H49N7O10. The molecule has 256 valence electrons. The van der Waals surface area contributed by atoms with Gasteiger partial charge in [0.15, 0.2) is 0 Å². The van der Waals surface area contributed by atoms with Crippen LogP contribution in [0.15, 0.2) is 0 Å². The SMILES string of the molecule is CCC(C)[C@H](NC(=O)[C@H](CCCCN)NC(C)=O)C(=O)N[C@H](C(=O)N[C@@H](C)C(=O)NC(C)C(=O)C(=O)NCCC(=O)O)[C@@H](C)O.